The van der Waals surface area contributed by atoms with Crippen molar-refractivity contribution in [2.75, 3.05) is 11.5 Å². The van der Waals surface area contributed by atoms with Crippen LogP contribution in [-0.2, 0) is 16.0 Å². The van der Waals surface area contributed by atoms with Crippen molar-refractivity contribution in [1.29, 1.82) is 0 Å². The number of aliphatic hydroxyl groups is 1. The number of aryl methyl sites for hydroxylation is 1. The Kier molecular flexibility index (Phi) is 6.19. The molecule has 4 aromatic rings. The minimum absolute atomic E-state index is 0.00298. The van der Waals surface area contributed by atoms with Crippen molar-refractivity contribution < 1.29 is 24.2 Å². The maximum Gasteiger partial charge on any atom is 0.301 e. The summed E-state index contributed by atoms with van der Waals surface area (Å²) in [6, 6.07) is 17.4. The predicted molar refractivity (Wildman–Crippen MR) is 152 cm³/mol. The van der Waals surface area contributed by atoms with Crippen LogP contribution in [0.5, 0.6) is 11.5 Å². The number of fused-ring (bicyclic) bond motifs is 2. The molecule has 0 bridgehead atoms. The van der Waals surface area contributed by atoms with Crippen molar-refractivity contribution in [3.63, 3.8) is 0 Å². The van der Waals surface area contributed by atoms with Gasteiger partial charge in [0.05, 0.1) is 21.8 Å². The highest BCUT2D eigenvalue weighted by Crippen LogP contribution is 2.45. The lowest BCUT2D eigenvalue weighted by Crippen LogP contribution is -2.29. The number of benzene rings is 3. The molecule has 196 valence electrons. The molecular weight excluding hydrogens is 512 g/mol. The fourth-order valence-corrected chi connectivity index (χ4v) is 6.21. The summed E-state index contributed by atoms with van der Waals surface area (Å²) >= 11 is 1.33. The second kappa shape index (κ2) is 9.71. The Hall–Kier alpha value is -4.43. The number of nitrogens with zero attached hydrogens (tertiary/aromatic N) is 2. The van der Waals surface area contributed by atoms with E-state index in [1.165, 1.54) is 16.2 Å². The average Bonchev–Trinajstić information content (AvgIpc) is 3.59. The third kappa shape index (κ3) is 4.36. The van der Waals surface area contributed by atoms with E-state index in [9.17, 15) is 14.7 Å². The summed E-state index contributed by atoms with van der Waals surface area (Å²) in [7, 11) is 0. The van der Waals surface area contributed by atoms with Crippen LogP contribution in [0.1, 0.15) is 35.2 Å². The fourth-order valence-electron chi connectivity index (χ4n) is 5.12. The molecule has 7 nitrogen and oxygen atoms in total. The molecule has 3 aromatic carbocycles. The molecule has 0 radical (unpaired) electrons. The maximum atomic E-state index is 13.6. The number of ether oxygens (including phenoxy) is 2. The Bertz CT molecular complexity index is 1690. The van der Waals surface area contributed by atoms with Gasteiger partial charge in [0.25, 0.3) is 5.78 Å². The van der Waals surface area contributed by atoms with Crippen LogP contribution >= 0.6 is 11.3 Å². The number of hydrogen-bond acceptors (Lipinski definition) is 7. The number of rotatable bonds is 6. The van der Waals surface area contributed by atoms with Crippen LogP contribution in [-0.4, -0.2) is 34.5 Å². The van der Waals surface area contributed by atoms with Crippen LogP contribution in [0.2, 0.25) is 0 Å². The second-order valence-electron chi connectivity index (χ2n) is 9.76. The van der Waals surface area contributed by atoms with Crippen LogP contribution in [0.4, 0.5) is 5.13 Å². The van der Waals surface area contributed by atoms with Crippen molar-refractivity contribution in [3.05, 3.63) is 101 Å². The Labute approximate surface area is 229 Å². The fraction of sp³-hybridized carbons (Fsp3) is 0.194. The van der Waals surface area contributed by atoms with Gasteiger partial charge in [-0.05, 0) is 73.0 Å². The lowest BCUT2D eigenvalue weighted by Gasteiger charge is -2.23. The van der Waals surface area contributed by atoms with Crippen LogP contribution in [0.3, 0.4) is 0 Å². The van der Waals surface area contributed by atoms with Crippen molar-refractivity contribution in [3.8, 4) is 11.5 Å². The first-order valence-corrected chi connectivity index (χ1v) is 13.5. The summed E-state index contributed by atoms with van der Waals surface area (Å²) in [5, 5.41) is 12.0. The Morgan fingerprint density at radius 3 is 2.87 bits per heavy atom. The van der Waals surface area contributed by atoms with Crippen LogP contribution in [0, 0.1) is 6.92 Å². The lowest BCUT2D eigenvalue weighted by molar-refractivity contribution is -0.132. The molecule has 0 saturated carbocycles. The molecular formula is C31H26N2O5S. The van der Waals surface area contributed by atoms with Crippen LogP contribution < -0.4 is 14.4 Å². The number of thiazole rings is 1. The highest BCUT2D eigenvalue weighted by molar-refractivity contribution is 7.22. The second-order valence-corrected chi connectivity index (χ2v) is 10.8. The zero-order valence-electron chi connectivity index (χ0n) is 21.5. The molecule has 6 rings (SSSR count). The molecule has 2 atom stereocenters. The van der Waals surface area contributed by atoms with E-state index in [1.54, 1.807) is 36.4 Å². The summed E-state index contributed by atoms with van der Waals surface area (Å²) in [4.78, 5) is 33.3. The molecule has 1 amide bonds. The molecule has 8 heteroatoms. The van der Waals surface area contributed by atoms with Crippen molar-refractivity contribution in [1.82, 2.24) is 4.98 Å². The highest BCUT2D eigenvalue weighted by Gasteiger charge is 2.48. The monoisotopic (exact) mass is 538 g/mol. The van der Waals surface area contributed by atoms with Gasteiger partial charge in [-0.2, -0.15) is 0 Å². The van der Waals surface area contributed by atoms with Crippen LogP contribution in [0.25, 0.3) is 16.0 Å². The van der Waals surface area contributed by atoms with E-state index >= 15 is 0 Å². The number of Topliss-reactive ketones (excluding diaryl/α,β-unsaturated/α-hetero) is 1. The molecule has 2 aliphatic rings. The maximum absolute atomic E-state index is 13.6. The molecule has 0 aliphatic carbocycles. The van der Waals surface area contributed by atoms with Crippen molar-refractivity contribution in [2.24, 2.45) is 0 Å². The third-order valence-electron chi connectivity index (χ3n) is 6.89. The van der Waals surface area contributed by atoms with Crippen LogP contribution in [0.15, 0.2) is 78.9 Å². The molecule has 39 heavy (non-hydrogen) atoms. The molecule has 3 heterocycles. The SMILES string of the molecule is C=CCOc1cccc([C@@H]2/C(=C(\O)c3ccc4c(c3)C[C@@H](C)O4)C(=O)C(=O)N2c2nc3ccc(C)cc3s2)c1. The summed E-state index contributed by atoms with van der Waals surface area (Å²) in [6.45, 7) is 7.96. The quantitative estimate of drug-likeness (QED) is 0.138. The van der Waals surface area contributed by atoms with E-state index in [-0.39, 0.29) is 17.4 Å². The van der Waals surface area contributed by atoms with E-state index in [2.05, 4.69) is 6.58 Å². The number of carbonyl (C=O) groups is 2. The summed E-state index contributed by atoms with van der Waals surface area (Å²) < 4.78 is 12.4. The van der Waals surface area contributed by atoms with E-state index in [0.29, 0.717) is 35.0 Å². The molecule has 2 aliphatic heterocycles. The Morgan fingerprint density at radius 2 is 2.05 bits per heavy atom. The summed E-state index contributed by atoms with van der Waals surface area (Å²) in [6.07, 6.45) is 2.37. The van der Waals surface area contributed by atoms with E-state index in [4.69, 9.17) is 14.5 Å². The zero-order valence-corrected chi connectivity index (χ0v) is 22.3. The zero-order chi connectivity index (χ0) is 27.3. The standard InChI is InChI=1S/C31H26N2O5S/c1-4-12-37-22-7-5-6-19(16-22)27-26(28(34)20-9-11-24-21(15-20)14-18(3)38-24)29(35)30(36)33(27)31-32-23-10-8-17(2)13-25(23)39-31/h4-11,13,15-16,18,27,34H,1,12,14H2,2-3H3/b28-26+/t18-,27-/m1/s1. The van der Waals surface area contributed by atoms with E-state index < -0.39 is 17.7 Å². The Balaban J connectivity index is 1.53. The van der Waals surface area contributed by atoms with Gasteiger partial charge >= 0.3 is 5.91 Å². The number of carbonyl (C=O) groups excluding carboxylic acids is 2. The normalized spacial score (nSPS) is 19.8. The average molecular weight is 539 g/mol. The van der Waals surface area contributed by atoms with Gasteiger partial charge in [0.1, 0.15) is 30.0 Å². The molecule has 1 aromatic heterocycles. The minimum atomic E-state index is -0.901. The molecule has 1 N–H and O–H groups in total. The summed E-state index contributed by atoms with van der Waals surface area (Å²) in [5.74, 6) is -0.435. The molecule has 1 fully saturated rings. The number of ketones is 1. The molecule has 0 unspecified atom stereocenters. The number of anilines is 1. The number of hydrogen-bond donors (Lipinski definition) is 1. The molecule has 1 saturated heterocycles. The van der Waals surface area contributed by atoms with Gasteiger partial charge in [0.15, 0.2) is 5.13 Å². The van der Waals surface area contributed by atoms with Gasteiger partial charge in [-0.25, -0.2) is 4.98 Å². The lowest BCUT2D eigenvalue weighted by atomic mass is 9.94. The Morgan fingerprint density at radius 1 is 1.21 bits per heavy atom. The largest absolute Gasteiger partial charge is 0.507 e. The smallest absolute Gasteiger partial charge is 0.301 e. The van der Waals surface area contributed by atoms with Gasteiger partial charge < -0.3 is 14.6 Å². The third-order valence-corrected chi connectivity index (χ3v) is 7.91. The van der Waals surface area contributed by atoms with Gasteiger partial charge in [0.2, 0.25) is 0 Å². The molecule has 0 spiro atoms. The first-order valence-electron chi connectivity index (χ1n) is 12.7. The van der Waals surface area contributed by atoms with Gasteiger partial charge in [0, 0.05) is 12.0 Å². The van der Waals surface area contributed by atoms with Gasteiger partial charge in [-0.3, -0.25) is 14.5 Å². The van der Waals surface area contributed by atoms with Gasteiger partial charge in [-0.1, -0.05) is 42.2 Å². The number of amides is 1. The topological polar surface area (TPSA) is 89.0 Å². The predicted octanol–water partition coefficient (Wildman–Crippen LogP) is 6.12. The highest BCUT2D eigenvalue weighted by atomic mass is 32.1. The number of aromatic nitrogens is 1. The van der Waals surface area contributed by atoms with Crippen molar-refractivity contribution >= 4 is 44.1 Å². The van der Waals surface area contributed by atoms with Gasteiger partial charge in [-0.15, -0.1) is 0 Å². The first kappa shape index (κ1) is 24.9. The summed E-state index contributed by atoms with van der Waals surface area (Å²) in [5.41, 5.74) is 3.82. The van der Waals surface area contributed by atoms with Crippen molar-refractivity contribution in [2.45, 2.75) is 32.4 Å². The van der Waals surface area contributed by atoms with E-state index in [0.717, 1.165) is 27.1 Å². The minimum Gasteiger partial charge on any atom is -0.507 e. The van der Waals surface area contributed by atoms with E-state index in [1.807, 2.05) is 44.2 Å². The number of aliphatic hydroxyl groups excluding tert-OH is 1. The first-order chi connectivity index (χ1) is 18.8.